The molecule has 0 bridgehead atoms. The lowest BCUT2D eigenvalue weighted by molar-refractivity contribution is -0.149. The summed E-state index contributed by atoms with van der Waals surface area (Å²) in [6.45, 7) is -0.837. The van der Waals surface area contributed by atoms with Crippen LogP contribution in [0.5, 0.6) is 5.75 Å². The van der Waals surface area contributed by atoms with Gasteiger partial charge in [-0.2, -0.15) is 5.10 Å². The zero-order chi connectivity index (χ0) is 19.9. The van der Waals surface area contributed by atoms with Crippen LogP contribution in [0.4, 0.5) is 5.69 Å². The molecule has 0 spiro atoms. The van der Waals surface area contributed by atoms with Gasteiger partial charge in [0.15, 0.2) is 13.2 Å². The SMILES string of the molecule is O=C(COC(=O)COc1cccc(Cl)c1)Nc1cc(Cl)ccc1-n1cncn1. The van der Waals surface area contributed by atoms with Crippen molar-refractivity contribution < 1.29 is 19.1 Å². The van der Waals surface area contributed by atoms with Crippen molar-refractivity contribution in [3.8, 4) is 11.4 Å². The molecule has 1 amide bonds. The fourth-order valence-electron chi connectivity index (χ4n) is 2.21. The highest BCUT2D eigenvalue weighted by atomic mass is 35.5. The quantitative estimate of drug-likeness (QED) is 0.589. The van der Waals surface area contributed by atoms with Crippen molar-refractivity contribution >= 4 is 40.8 Å². The van der Waals surface area contributed by atoms with E-state index in [-0.39, 0.29) is 6.61 Å². The van der Waals surface area contributed by atoms with Crippen LogP contribution in [0.1, 0.15) is 0 Å². The molecule has 144 valence electrons. The summed E-state index contributed by atoms with van der Waals surface area (Å²) < 4.78 is 11.6. The summed E-state index contributed by atoms with van der Waals surface area (Å²) >= 11 is 11.8. The zero-order valence-corrected chi connectivity index (χ0v) is 15.9. The van der Waals surface area contributed by atoms with Crippen LogP contribution in [-0.4, -0.2) is 39.9 Å². The molecule has 0 aliphatic heterocycles. The average molecular weight is 421 g/mol. The lowest BCUT2D eigenvalue weighted by Gasteiger charge is -2.12. The Hall–Kier alpha value is -3.10. The van der Waals surface area contributed by atoms with E-state index < -0.39 is 18.5 Å². The van der Waals surface area contributed by atoms with Crippen LogP contribution in [-0.2, 0) is 14.3 Å². The summed E-state index contributed by atoms with van der Waals surface area (Å²) in [5.41, 5.74) is 0.958. The largest absolute Gasteiger partial charge is 0.482 e. The molecule has 3 rings (SSSR count). The Morgan fingerprint density at radius 1 is 1.07 bits per heavy atom. The molecule has 2 aromatic carbocycles. The fourth-order valence-corrected chi connectivity index (χ4v) is 2.57. The highest BCUT2D eigenvalue weighted by molar-refractivity contribution is 6.31. The lowest BCUT2D eigenvalue weighted by atomic mass is 10.2. The third-order valence-corrected chi connectivity index (χ3v) is 3.89. The number of benzene rings is 2. The molecule has 10 heteroatoms. The van der Waals surface area contributed by atoms with Gasteiger partial charge < -0.3 is 14.8 Å². The summed E-state index contributed by atoms with van der Waals surface area (Å²) in [7, 11) is 0. The Balaban J connectivity index is 1.53. The summed E-state index contributed by atoms with van der Waals surface area (Å²) in [6, 6.07) is 11.5. The Morgan fingerprint density at radius 2 is 1.89 bits per heavy atom. The van der Waals surface area contributed by atoms with Crippen LogP contribution in [0.15, 0.2) is 55.1 Å². The van der Waals surface area contributed by atoms with E-state index >= 15 is 0 Å². The number of carbonyl (C=O) groups is 2. The van der Waals surface area contributed by atoms with Gasteiger partial charge in [-0.1, -0.05) is 29.3 Å². The molecule has 0 saturated heterocycles. The normalized spacial score (nSPS) is 10.4. The minimum absolute atomic E-state index is 0.352. The molecule has 1 aromatic heterocycles. The topological polar surface area (TPSA) is 95.3 Å². The number of halogens is 2. The smallest absolute Gasteiger partial charge is 0.344 e. The molecule has 0 aliphatic rings. The predicted octanol–water partition coefficient (Wildman–Crippen LogP) is 3.13. The molecule has 0 saturated carbocycles. The summed E-state index contributed by atoms with van der Waals surface area (Å²) in [5, 5.41) is 7.55. The molecule has 0 atom stereocenters. The van der Waals surface area contributed by atoms with Crippen LogP contribution >= 0.6 is 23.2 Å². The Bertz CT molecular complexity index is 979. The highest BCUT2D eigenvalue weighted by Crippen LogP contribution is 2.24. The van der Waals surface area contributed by atoms with E-state index in [9.17, 15) is 9.59 Å². The third-order valence-electron chi connectivity index (χ3n) is 3.42. The van der Waals surface area contributed by atoms with Gasteiger partial charge in [0.25, 0.3) is 5.91 Å². The van der Waals surface area contributed by atoms with E-state index in [2.05, 4.69) is 15.4 Å². The Labute approximate surface area is 170 Å². The van der Waals surface area contributed by atoms with Crippen molar-refractivity contribution in [2.45, 2.75) is 0 Å². The van der Waals surface area contributed by atoms with E-state index in [1.165, 1.54) is 17.3 Å². The Morgan fingerprint density at radius 3 is 2.64 bits per heavy atom. The first-order chi connectivity index (χ1) is 13.5. The van der Waals surface area contributed by atoms with E-state index in [0.717, 1.165) is 0 Å². The molecule has 3 aromatic rings. The number of anilines is 1. The number of ether oxygens (including phenoxy) is 2. The van der Waals surface area contributed by atoms with Gasteiger partial charge in [-0.25, -0.2) is 14.5 Å². The molecule has 1 N–H and O–H groups in total. The predicted molar refractivity (Wildman–Crippen MR) is 103 cm³/mol. The molecule has 1 heterocycles. The molecule has 0 fully saturated rings. The van der Waals surface area contributed by atoms with Gasteiger partial charge in [-0.3, -0.25) is 4.79 Å². The van der Waals surface area contributed by atoms with Crippen molar-refractivity contribution in [2.24, 2.45) is 0 Å². The number of carbonyl (C=O) groups excluding carboxylic acids is 2. The number of rotatable bonds is 7. The summed E-state index contributed by atoms with van der Waals surface area (Å²) in [4.78, 5) is 27.8. The minimum atomic E-state index is -0.697. The van der Waals surface area contributed by atoms with Gasteiger partial charge in [0.05, 0.1) is 11.4 Å². The van der Waals surface area contributed by atoms with Crippen molar-refractivity contribution in [2.75, 3.05) is 18.5 Å². The highest BCUT2D eigenvalue weighted by Gasteiger charge is 2.13. The monoisotopic (exact) mass is 420 g/mol. The molecule has 8 nitrogen and oxygen atoms in total. The second kappa shape index (κ2) is 9.20. The molecular weight excluding hydrogens is 407 g/mol. The van der Waals surface area contributed by atoms with E-state index in [1.54, 1.807) is 42.5 Å². The molecule has 0 aliphatic carbocycles. The number of hydrogen-bond donors (Lipinski definition) is 1. The van der Waals surface area contributed by atoms with Crippen molar-refractivity contribution in [1.82, 2.24) is 14.8 Å². The van der Waals surface area contributed by atoms with Crippen LogP contribution < -0.4 is 10.1 Å². The Kier molecular flexibility index (Phi) is 6.46. The molecule has 0 unspecified atom stereocenters. The van der Waals surface area contributed by atoms with Gasteiger partial charge in [0.2, 0.25) is 0 Å². The summed E-state index contributed by atoms with van der Waals surface area (Å²) in [6.07, 6.45) is 2.84. The first kappa shape index (κ1) is 19.7. The number of amides is 1. The van der Waals surface area contributed by atoms with Crippen molar-refractivity contribution in [1.29, 1.82) is 0 Å². The lowest BCUT2D eigenvalue weighted by Crippen LogP contribution is -2.24. The van der Waals surface area contributed by atoms with Gasteiger partial charge in [-0.15, -0.1) is 0 Å². The second-order valence-corrected chi connectivity index (χ2v) is 6.33. The zero-order valence-electron chi connectivity index (χ0n) is 14.3. The average Bonchev–Trinajstić information content (AvgIpc) is 3.19. The van der Waals surface area contributed by atoms with Crippen LogP contribution in [0.2, 0.25) is 10.0 Å². The standard InChI is InChI=1S/C18H14Cl2N4O4/c19-12-2-1-3-14(6-12)27-9-18(26)28-8-17(25)23-15-7-13(20)4-5-16(15)24-11-21-10-22-24/h1-7,10-11H,8-9H2,(H,23,25). The van der Waals surface area contributed by atoms with E-state index in [0.29, 0.717) is 27.2 Å². The number of aromatic nitrogens is 3. The van der Waals surface area contributed by atoms with E-state index in [4.69, 9.17) is 32.7 Å². The molecule has 28 heavy (non-hydrogen) atoms. The minimum Gasteiger partial charge on any atom is -0.482 e. The first-order valence-electron chi connectivity index (χ1n) is 7.99. The maximum absolute atomic E-state index is 12.1. The second-order valence-electron chi connectivity index (χ2n) is 5.46. The molecular formula is C18H14Cl2N4O4. The maximum atomic E-state index is 12.1. The molecule has 0 radical (unpaired) electrons. The van der Waals surface area contributed by atoms with Gasteiger partial charge >= 0.3 is 5.97 Å². The van der Waals surface area contributed by atoms with Crippen LogP contribution in [0.3, 0.4) is 0 Å². The van der Waals surface area contributed by atoms with E-state index in [1.807, 2.05) is 0 Å². The summed E-state index contributed by atoms with van der Waals surface area (Å²) in [5.74, 6) is -0.817. The number of esters is 1. The maximum Gasteiger partial charge on any atom is 0.344 e. The number of hydrogen-bond acceptors (Lipinski definition) is 6. The first-order valence-corrected chi connectivity index (χ1v) is 8.75. The van der Waals surface area contributed by atoms with Crippen LogP contribution in [0, 0.1) is 0 Å². The number of nitrogens with zero attached hydrogens (tertiary/aromatic N) is 3. The van der Waals surface area contributed by atoms with Gasteiger partial charge in [0, 0.05) is 10.0 Å². The fraction of sp³-hybridized carbons (Fsp3) is 0.111. The van der Waals surface area contributed by atoms with Gasteiger partial charge in [0.1, 0.15) is 18.4 Å². The van der Waals surface area contributed by atoms with Crippen molar-refractivity contribution in [3.05, 3.63) is 65.2 Å². The van der Waals surface area contributed by atoms with Crippen molar-refractivity contribution in [3.63, 3.8) is 0 Å². The van der Waals surface area contributed by atoms with Gasteiger partial charge in [-0.05, 0) is 36.4 Å². The number of nitrogens with one attached hydrogen (secondary N) is 1. The van der Waals surface area contributed by atoms with Crippen LogP contribution in [0.25, 0.3) is 5.69 Å². The third kappa shape index (κ3) is 5.45.